The number of pyridine rings is 1. The van der Waals surface area contributed by atoms with E-state index in [0.29, 0.717) is 33.9 Å². The standard InChI is InChI=1S/C20H14F3N3O/c21-12-5-7-13(8-6-12)26-20-17(18(25-26)11-3-4-11)14(19(22)23)10-15(24-20)16-2-1-9-27-16/h1-2,5-11,19H,3-4H2. The van der Waals surface area contributed by atoms with E-state index >= 15 is 0 Å². The van der Waals surface area contributed by atoms with Crippen molar-refractivity contribution >= 4 is 11.0 Å². The lowest BCUT2D eigenvalue weighted by molar-refractivity contribution is 0.153. The van der Waals surface area contributed by atoms with Gasteiger partial charge in [0.25, 0.3) is 6.43 Å². The van der Waals surface area contributed by atoms with E-state index in [1.807, 2.05) is 0 Å². The van der Waals surface area contributed by atoms with Crippen LogP contribution < -0.4 is 0 Å². The Kier molecular flexibility index (Phi) is 3.56. The van der Waals surface area contributed by atoms with Crippen molar-refractivity contribution in [3.8, 4) is 17.1 Å². The number of aromatic nitrogens is 3. The van der Waals surface area contributed by atoms with Crippen LogP contribution in [0.5, 0.6) is 0 Å². The highest BCUT2D eigenvalue weighted by atomic mass is 19.3. The fourth-order valence-corrected chi connectivity index (χ4v) is 3.30. The quantitative estimate of drug-likeness (QED) is 0.468. The molecule has 1 saturated carbocycles. The van der Waals surface area contributed by atoms with Crippen molar-refractivity contribution in [1.82, 2.24) is 14.8 Å². The van der Waals surface area contributed by atoms with Crippen molar-refractivity contribution in [2.45, 2.75) is 25.2 Å². The lowest BCUT2D eigenvalue weighted by Crippen LogP contribution is -1.99. The zero-order chi connectivity index (χ0) is 18.5. The Morgan fingerprint density at radius 1 is 1.11 bits per heavy atom. The molecule has 0 amide bonds. The van der Waals surface area contributed by atoms with Crippen LogP contribution in [0.2, 0.25) is 0 Å². The first-order chi connectivity index (χ1) is 13.1. The van der Waals surface area contributed by atoms with Gasteiger partial charge in [0.05, 0.1) is 23.0 Å². The smallest absolute Gasteiger partial charge is 0.264 e. The maximum atomic E-state index is 13.9. The van der Waals surface area contributed by atoms with Crippen molar-refractivity contribution in [1.29, 1.82) is 0 Å². The molecule has 1 aromatic carbocycles. The van der Waals surface area contributed by atoms with Crippen molar-refractivity contribution in [3.05, 3.63) is 65.8 Å². The molecule has 1 aliphatic rings. The molecule has 0 N–H and O–H groups in total. The first kappa shape index (κ1) is 16.1. The van der Waals surface area contributed by atoms with E-state index in [9.17, 15) is 13.2 Å². The molecular formula is C20H14F3N3O. The lowest BCUT2D eigenvalue weighted by Gasteiger charge is -2.07. The van der Waals surface area contributed by atoms with Gasteiger partial charge < -0.3 is 4.42 Å². The Morgan fingerprint density at radius 2 is 1.89 bits per heavy atom. The summed E-state index contributed by atoms with van der Waals surface area (Å²) >= 11 is 0. The van der Waals surface area contributed by atoms with Gasteiger partial charge in [-0.2, -0.15) is 5.10 Å². The summed E-state index contributed by atoms with van der Waals surface area (Å²) in [7, 11) is 0. The monoisotopic (exact) mass is 369 g/mol. The third kappa shape index (κ3) is 2.70. The zero-order valence-electron chi connectivity index (χ0n) is 14.1. The fraction of sp³-hybridized carbons (Fsp3) is 0.200. The Hall–Kier alpha value is -3.09. The molecule has 4 nitrogen and oxygen atoms in total. The third-order valence-corrected chi connectivity index (χ3v) is 4.74. The molecule has 27 heavy (non-hydrogen) atoms. The number of rotatable bonds is 4. The van der Waals surface area contributed by atoms with Gasteiger partial charge in [0.1, 0.15) is 11.5 Å². The van der Waals surface area contributed by atoms with E-state index in [1.54, 1.807) is 24.3 Å². The predicted octanol–water partition coefficient (Wildman–Crippen LogP) is 5.63. The molecule has 1 fully saturated rings. The summed E-state index contributed by atoms with van der Waals surface area (Å²) in [5.41, 5.74) is 1.73. The van der Waals surface area contributed by atoms with Gasteiger partial charge in [-0.05, 0) is 55.3 Å². The zero-order valence-corrected chi connectivity index (χ0v) is 14.1. The molecule has 3 aromatic heterocycles. The van der Waals surface area contributed by atoms with Crippen molar-refractivity contribution in [2.24, 2.45) is 0 Å². The van der Waals surface area contributed by atoms with Gasteiger partial charge in [0.2, 0.25) is 0 Å². The first-order valence-electron chi connectivity index (χ1n) is 8.63. The number of hydrogen-bond acceptors (Lipinski definition) is 3. The number of furan rings is 1. The molecule has 4 aromatic rings. The molecule has 0 bridgehead atoms. The molecule has 0 atom stereocenters. The van der Waals surface area contributed by atoms with Crippen LogP contribution in [0.4, 0.5) is 13.2 Å². The van der Waals surface area contributed by atoms with Crippen LogP contribution >= 0.6 is 0 Å². The van der Waals surface area contributed by atoms with Crippen molar-refractivity contribution in [2.75, 3.05) is 0 Å². The van der Waals surface area contributed by atoms with Gasteiger partial charge >= 0.3 is 0 Å². The first-order valence-corrected chi connectivity index (χ1v) is 8.63. The van der Waals surface area contributed by atoms with E-state index in [0.717, 1.165) is 12.8 Å². The minimum absolute atomic E-state index is 0.110. The fourth-order valence-electron chi connectivity index (χ4n) is 3.30. The van der Waals surface area contributed by atoms with Gasteiger partial charge in [0, 0.05) is 11.5 Å². The summed E-state index contributed by atoms with van der Waals surface area (Å²) in [6.45, 7) is 0. The summed E-state index contributed by atoms with van der Waals surface area (Å²) < 4.78 is 48.0. The SMILES string of the molecule is Fc1ccc(-n2nc(C3CC3)c3c(C(F)F)cc(-c4ccco4)nc32)cc1. The second kappa shape index (κ2) is 5.97. The Labute approximate surface area is 152 Å². The van der Waals surface area contributed by atoms with Crippen LogP contribution in [0.1, 0.15) is 36.4 Å². The Morgan fingerprint density at radius 3 is 2.52 bits per heavy atom. The van der Waals surface area contributed by atoms with Gasteiger partial charge in [-0.1, -0.05) is 0 Å². The molecule has 3 heterocycles. The van der Waals surface area contributed by atoms with Crippen LogP contribution in [0, 0.1) is 5.82 Å². The normalized spacial score (nSPS) is 14.4. The second-order valence-corrected chi connectivity index (χ2v) is 6.62. The molecular weight excluding hydrogens is 355 g/mol. The summed E-state index contributed by atoms with van der Waals surface area (Å²) in [6, 6.07) is 10.5. The summed E-state index contributed by atoms with van der Waals surface area (Å²) in [5.74, 6) is 0.178. The second-order valence-electron chi connectivity index (χ2n) is 6.62. The highest BCUT2D eigenvalue weighted by Gasteiger charge is 2.33. The number of alkyl halides is 2. The lowest BCUT2D eigenvalue weighted by atomic mass is 10.1. The summed E-state index contributed by atoms with van der Waals surface area (Å²) in [6.07, 6.45) is 0.625. The van der Waals surface area contributed by atoms with Crippen LogP contribution in [0.25, 0.3) is 28.2 Å². The van der Waals surface area contributed by atoms with Crippen molar-refractivity contribution < 1.29 is 17.6 Å². The van der Waals surface area contributed by atoms with Crippen LogP contribution in [-0.2, 0) is 0 Å². The third-order valence-electron chi connectivity index (χ3n) is 4.74. The van der Waals surface area contributed by atoms with Gasteiger partial charge in [-0.3, -0.25) is 0 Å². The maximum Gasteiger partial charge on any atom is 0.264 e. The average Bonchev–Trinajstić information content (AvgIpc) is 3.22. The predicted molar refractivity (Wildman–Crippen MR) is 93.5 cm³/mol. The van der Waals surface area contributed by atoms with E-state index < -0.39 is 6.43 Å². The largest absolute Gasteiger partial charge is 0.463 e. The number of fused-ring (bicyclic) bond motifs is 1. The molecule has 136 valence electrons. The van der Waals surface area contributed by atoms with E-state index in [2.05, 4.69) is 10.1 Å². The molecule has 0 radical (unpaired) electrons. The number of benzene rings is 1. The Balaban J connectivity index is 1.83. The molecule has 1 aliphatic carbocycles. The van der Waals surface area contributed by atoms with Crippen LogP contribution in [0.15, 0.2) is 53.1 Å². The summed E-state index contributed by atoms with van der Waals surface area (Å²) in [4.78, 5) is 4.57. The van der Waals surface area contributed by atoms with E-state index in [-0.39, 0.29) is 17.3 Å². The number of hydrogen-bond donors (Lipinski definition) is 0. The Bertz CT molecular complexity index is 1110. The number of nitrogens with zero attached hydrogens (tertiary/aromatic N) is 3. The average molecular weight is 369 g/mol. The molecule has 7 heteroatoms. The molecule has 0 spiro atoms. The van der Waals surface area contributed by atoms with E-state index in [1.165, 1.54) is 29.1 Å². The van der Waals surface area contributed by atoms with Gasteiger partial charge in [-0.15, -0.1) is 0 Å². The maximum absolute atomic E-state index is 13.9. The van der Waals surface area contributed by atoms with Crippen LogP contribution in [0.3, 0.4) is 0 Å². The van der Waals surface area contributed by atoms with Gasteiger partial charge in [-0.25, -0.2) is 22.8 Å². The number of halogens is 3. The van der Waals surface area contributed by atoms with E-state index in [4.69, 9.17) is 4.42 Å². The minimum atomic E-state index is -2.67. The van der Waals surface area contributed by atoms with Crippen LogP contribution in [-0.4, -0.2) is 14.8 Å². The topological polar surface area (TPSA) is 43.9 Å². The molecule has 5 rings (SSSR count). The molecule has 0 saturated heterocycles. The highest BCUT2D eigenvalue weighted by molar-refractivity contribution is 5.87. The molecule has 0 unspecified atom stereocenters. The summed E-state index contributed by atoms with van der Waals surface area (Å²) in [5, 5.41) is 4.97. The molecule has 0 aliphatic heterocycles. The highest BCUT2D eigenvalue weighted by Crippen LogP contribution is 2.45. The van der Waals surface area contributed by atoms with Crippen molar-refractivity contribution in [3.63, 3.8) is 0 Å². The minimum Gasteiger partial charge on any atom is -0.463 e. The van der Waals surface area contributed by atoms with Gasteiger partial charge in [0.15, 0.2) is 11.4 Å².